The fraction of sp³-hybridized carbons (Fsp3) is 0.316. The Morgan fingerprint density at radius 2 is 1.69 bits per heavy atom. The molecule has 1 heterocycles. The lowest BCUT2D eigenvalue weighted by atomic mass is 10.2. The molecule has 5 nitrogen and oxygen atoms in total. The fourth-order valence-corrected chi connectivity index (χ4v) is 4.61. The number of hydrogen-bond acceptors (Lipinski definition) is 3. The minimum absolute atomic E-state index is 0.0111. The zero-order chi connectivity index (χ0) is 21.2. The summed E-state index contributed by atoms with van der Waals surface area (Å²) >= 11 is 0. The van der Waals surface area contributed by atoms with E-state index in [1.807, 2.05) is 0 Å². The van der Waals surface area contributed by atoms with Gasteiger partial charge in [0.1, 0.15) is 16.9 Å². The van der Waals surface area contributed by atoms with Gasteiger partial charge < -0.3 is 5.32 Å². The Hall–Kier alpha value is -2.46. The first-order valence-electron chi connectivity index (χ1n) is 8.88. The summed E-state index contributed by atoms with van der Waals surface area (Å²) in [5, 5.41) is 2.29. The van der Waals surface area contributed by atoms with Crippen LogP contribution in [0.2, 0.25) is 0 Å². The lowest BCUT2D eigenvalue weighted by Crippen LogP contribution is -2.33. The summed E-state index contributed by atoms with van der Waals surface area (Å²) in [6, 6.07) is 5.49. The number of rotatable bonds is 4. The minimum atomic E-state index is -4.28. The maximum Gasteiger partial charge on any atom is 0.255 e. The van der Waals surface area contributed by atoms with E-state index in [1.54, 1.807) is 0 Å². The van der Waals surface area contributed by atoms with E-state index >= 15 is 0 Å². The van der Waals surface area contributed by atoms with Gasteiger partial charge in [-0.3, -0.25) is 4.79 Å². The zero-order valence-corrected chi connectivity index (χ0v) is 16.0. The number of nitrogens with zero attached hydrogens (tertiary/aromatic N) is 1. The molecule has 0 unspecified atom stereocenters. The highest BCUT2D eigenvalue weighted by Crippen LogP contribution is 2.25. The summed E-state index contributed by atoms with van der Waals surface area (Å²) in [5.74, 6) is -4.13. The quantitative estimate of drug-likeness (QED) is 0.749. The van der Waals surface area contributed by atoms with Crippen molar-refractivity contribution in [3.05, 3.63) is 59.4 Å². The van der Waals surface area contributed by atoms with Crippen molar-refractivity contribution in [3.63, 3.8) is 0 Å². The van der Waals surface area contributed by atoms with Crippen molar-refractivity contribution < 1.29 is 30.8 Å². The van der Waals surface area contributed by atoms with Crippen molar-refractivity contribution in [1.82, 2.24) is 4.31 Å². The summed E-state index contributed by atoms with van der Waals surface area (Å²) < 4.78 is 80.7. The first kappa shape index (κ1) is 21.3. The number of amides is 1. The van der Waals surface area contributed by atoms with Gasteiger partial charge in [-0.15, -0.1) is 0 Å². The first-order chi connectivity index (χ1) is 13.7. The van der Waals surface area contributed by atoms with Gasteiger partial charge in [0.15, 0.2) is 11.6 Å². The number of alkyl halides is 1. The molecule has 1 fully saturated rings. The number of hydrogen-bond donors (Lipinski definition) is 1. The van der Waals surface area contributed by atoms with Crippen LogP contribution in [0.5, 0.6) is 0 Å². The minimum Gasteiger partial charge on any atom is -0.322 e. The van der Waals surface area contributed by atoms with E-state index in [9.17, 15) is 30.8 Å². The monoisotopic (exact) mass is 430 g/mol. The number of anilines is 1. The molecule has 1 aliphatic rings. The molecule has 10 heteroatoms. The normalized spacial score (nSPS) is 18.3. The predicted octanol–water partition coefficient (Wildman–Crippen LogP) is 3.87. The molecule has 29 heavy (non-hydrogen) atoms. The van der Waals surface area contributed by atoms with Crippen LogP contribution >= 0.6 is 0 Å². The number of nitrogens with one attached hydrogen (secondary N) is 1. The van der Waals surface area contributed by atoms with Gasteiger partial charge in [0.05, 0.1) is 0 Å². The number of halogens is 4. The molecule has 1 N–H and O–H groups in total. The third kappa shape index (κ3) is 4.76. The summed E-state index contributed by atoms with van der Waals surface area (Å²) in [4.78, 5) is 11.7. The van der Waals surface area contributed by atoms with Gasteiger partial charge in [0.25, 0.3) is 5.91 Å². The van der Waals surface area contributed by atoms with Crippen molar-refractivity contribution in [3.8, 4) is 0 Å². The van der Waals surface area contributed by atoms with Crippen LogP contribution in [0.3, 0.4) is 0 Å². The number of benzene rings is 2. The molecule has 2 aromatic rings. The predicted molar refractivity (Wildman–Crippen MR) is 98.2 cm³/mol. The maximum atomic E-state index is 14.3. The fourth-order valence-electron chi connectivity index (χ4n) is 3.03. The molecule has 0 bridgehead atoms. The van der Waals surface area contributed by atoms with E-state index in [1.165, 1.54) is 0 Å². The van der Waals surface area contributed by atoms with Gasteiger partial charge in [0.2, 0.25) is 10.0 Å². The lowest BCUT2D eigenvalue weighted by Gasteiger charge is -2.20. The second-order valence-corrected chi connectivity index (χ2v) is 8.57. The smallest absolute Gasteiger partial charge is 0.255 e. The van der Waals surface area contributed by atoms with E-state index in [4.69, 9.17) is 0 Å². The van der Waals surface area contributed by atoms with Crippen molar-refractivity contribution >= 4 is 21.6 Å². The van der Waals surface area contributed by atoms with Crippen molar-refractivity contribution in [1.29, 1.82) is 0 Å². The average molecular weight is 430 g/mol. The van der Waals surface area contributed by atoms with Gasteiger partial charge >= 0.3 is 0 Å². The molecule has 156 valence electrons. The second-order valence-electron chi connectivity index (χ2n) is 6.66. The molecular weight excluding hydrogens is 412 g/mol. The molecule has 1 aliphatic heterocycles. The molecule has 3 rings (SSSR count). The topological polar surface area (TPSA) is 66.5 Å². The van der Waals surface area contributed by atoms with Gasteiger partial charge in [-0.25, -0.2) is 26.0 Å². The van der Waals surface area contributed by atoms with Crippen LogP contribution in [-0.4, -0.2) is 37.9 Å². The molecule has 0 radical (unpaired) electrons. The second kappa shape index (κ2) is 8.50. The largest absolute Gasteiger partial charge is 0.322 e. The molecular formula is C19H18F4N2O3S. The Labute approximate surface area is 165 Å². The van der Waals surface area contributed by atoms with Crippen molar-refractivity contribution in [2.75, 3.05) is 18.4 Å². The van der Waals surface area contributed by atoms with Crippen molar-refractivity contribution in [2.45, 2.75) is 30.3 Å². The Morgan fingerprint density at radius 1 is 0.966 bits per heavy atom. The third-order valence-electron chi connectivity index (χ3n) is 4.61. The van der Waals surface area contributed by atoms with Crippen molar-refractivity contribution in [2.24, 2.45) is 0 Å². The van der Waals surface area contributed by atoms with Gasteiger partial charge in [-0.2, -0.15) is 4.31 Å². The van der Waals surface area contributed by atoms with Gasteiger partial charge in [-0.05, 0) is 49.6 Å². The molecule has 0 aliphatic carbocycles. The van der Waals surface area contributed by atoms with Crippen LogP contribution in [0.25, 0.3) is 0 Å². The van der Waals surface area contributed by atoms with Crippen LogP contribution in [0.15, 0.2) is 41.3 Å². The van der Waals surface area contributed by atoms with Gasteiger partial charge in [0, 0.05) is 30.4 Å². The summed E-state index contributed by atoms with van der Waals surface area (Å²) in [6.07, 6.45) is -0.575. The molecule has 1 saturated heterocycles. The van der Waals surface area contributed by atoms with E-state index in [0.29, 0.717) is 6.42 Å². The SMILES string of the molecule is O=C(Nc1ccc(F)c(F)c1)c1ccc(F)c(S(=O)(=O)N2CCC[C@H](F)CC2)c1. The molecule has 2 aromatic carbocycles. The summed E-state index contributed by atoms with van der Waals surface area (Å²) in [7, 11) is -4.28. The van der Waals surface area contributed by atoms with E-state index in [0.717, 1.165) is 40.7 Å². The molecule has 0 aromatic heterocycles. The summed E-state index contributed by atoms with van der Waals surface area (Å²) in [6.45, 7) is -0.0400. The highest BCUT2D eigenvalue weighted by atomic mass is 32.2. The highest BCUT2D eigenvalue weighted by molar-refractivity contribution is 7.89. The number of sulfonamides is 1. The van der Waals surface area contributed by atoms with E-state index in [-0.39, 0.29) is 37.2 Å². The maximum absolute atomic E-state index is 14.3. The van der Waals surface area contributed by atoms with E-state index < -0.39 is 44.4 Å². The Kier molecular flexibility index (Phi) is 6.23. The number of carbonyl (C=O) groups excluding carboxylic acids is 1. The van der Waals surface area contributed by atoms with Crippen LogP contribution in [0.1, 0.15) is 29.6 Å². The Balaban J connectivity index is 1.86. The highest BCUT2D eigenvalue weighted by Gasteiger charge is 2.30. The molecule has 0 saturated carbocycles. The Bertz CT molecular complexity index is 1030. The van der Waals surface area contributed by atoms with Crippen LogP contribution in [0.4, 0.5) is 23.2 Å². The van der Waals surface area contributed by atoms with Crippen LogP contribution in [0, 0.1) is 17.5 Å². The molecule has 1 atom stereocenters. The standard InChI is InChI=1S/C19H18F4N2O3S/c20-13-2-1-8-25(9-7-13)29(27,28)18-10-12(3-5-16(18)22)19(26)24-14-4-6-15(21)17(23)11-14/h3-6,10-11,13H,1-2,7-9H2,(H,24,26)/t13-/m0/s1. The van der Waals surface area contributed by atoms with Gasteiger partial charge in [-0.1, -0.05) is 0 Å². The molecule has 1 amide bonds. The zero-order valence-electron chi connectivity index (χ0n) is 15.2. The number of carbonyl (C=O) groups is 1. The Morgan fingerprint density at radius 3 is 2.41 bits per heavy atom. The summed E-state index contributed by atoms with van der Waals surface area (Å²) in [5.41, 5.74) is -0.239. The third-order valence-corrected chi connectivity index (χ3v) is 6.52. The lowest BCUT2D eigenvalue weighted by molar-refractivity contribution is 0.102. The average Bonchev–Trinajstić information content (AvgIpc) is 2.90. The first-order valence-corrected chi connectivity index (χ1v) is 10.3. The molecule has 0 spiro atoms. The van der Waals surface area contributed by atoms with Crippen LogP contribution in [-0.2, 0) is 10.0 Å². The van der Waals surface area contributed by atoms with E-state index in [2.05, 4.69) is 5.32 Å². The van der Waals surface area contributed by atoms with Crippen LogP contribution < -0.4 is 5.32 Å².